The molecular formula is C26H31NO6. The van der Waals surface area contributed by atoms with Crippen LogP contribution in [0, 0.1) is 13.8 Å². The summed E-state index contributed by atoms with van der Waals surface area (Å²) in [6, 6.07) is 10.1. The average Bonchev–Trinajstić information content (AvgIpc) is 3.05. The summed E-state index contributed by atoms with van der Waals surface area (Å²) in [5, 5.41) is 11.3. The van der Waals surface area contributed by atoms with Crippen molar-refractivity contribution >= 4 is 17.4 Å². The molecular weight excluding hydrogens is 422 g/mol. The highest BCUT2D eigenvalue weighted by Crippen LogP contribution is 2.41. The van der Waals surface area contributed by atoms with E-state index in [9.17, 15) is 14.7 Å². The van der Waals surface area contributed by atoms with Gasteiger partial charge in [0.15, 0.2) is 0 Å². The van der Waals surface area contributed by atoms with Crippen LogP contribution in [0.5, 0.6) is 11.5 Å². The third-order valence-electron chi connectivity index (χ3n) is 5.79. The van der Waals surface area contributed by atoms with E-state index >= 15 is 0 Å². The average molecular weight is 454 g/mol. The van der Waals surface area contributed by atoms with Crippen LogP contribution in [-0.2, 0) is 14.3 Å². The minimum Gasteiger partial charge on any atom is -0.507 e. The summed E-state index contributed by atoms with van der Waals surface area (Å²) in [5.41, 5.74) is 2.86. The number of benzene rings is 2. The second-order valence-electron chi connectivity index (χ2n) is 7.98. The molecule has 7 heteroatoms. The molecule has 1 aliphatic rings. The van der Waals surface area contributed by atoms with Gasteiger partial charge in [-0.2, -0.15) is 0 Å². The van der Waals surface area contributed by atoms with Gasteiger partial charge in [-0.15, -0.1) is 0 Å². The van der Waals surface area contributed by atoms with Crippen LogP contribution in [0.4, 0.5) is 0 Å². The van der Waals surface area contributed by atoms with E-state index in [1.807, 2.05) is 39.0 Å². The van der Waals surface area contributed by atoms with Gasteiger partial charge in [-0.05, 0) is 68.1 Å². The lowest BCUT2D eigenvalue weighted by molar-refractivity contribution is -0.140. The molecule has 1 saturated heterocycles. The molecule has 2 aromatic rings. The molecule has 1 heterocycles. The summed E-state index contributed by atoms with van der Waals surface area (Å²) in [6.07, 6.45) is 0.567. The van der Waals surface area contributed by atoms with Gasteiger partial charge in [0.2, 0.25) is 0 Å². The number of hydrogen-bond donors (Lipinski definition) is 1. The molecule has 1 N–H and O–H groups in total. The number of aryl methyl sites for hydroxylation is 2. The van der Waals surface area contributed by atoms with E-state index in [0.717, 1.165) is 16.7 Å². The van der Waals surface area contributed by atoms with Gasteiger partial charge in [-0.25, -0.2) is 0 Å². The van der Waals surface area contributed by atoms with E-state index in [-0.39, 0.29) is 11.3 Å². The molecule has 1 atom stereocenters. The van der Waals surface area contributed by atoms with Crippen LogP contribution in [0.1, 0.15) is 41.6 Å². The fourth-order valence-corrected chi connectivity index (χ4v) is 4.16. The quantitative estimate of drug-likeness (QED) is 0.266. The van der Waals surface area contributed by atoms with Crippen LogP contribution < -0.4 is 9.47 Å². The Hall–Kier alpha value is -3.32. The zero-order valence-corrected chi connectivity index (χ0v) is 19.8. The predicted octanol–water partition coefficient (Wildman–Crippen LogP) is 4.17. The third-order valence-corrected chi connectivity index (χ3v) is 5.79. The predicted molar refractivity (Wildman–Crippen MR) is 126 cm³/mol. The topological polar surface area (TPSA) is 85.3 Å². The van der Waals surface area contributed by atoms with E-state index in [0.29, 0.717) is 43.2 Å². The van der Waals surface area contributed by atoms with Crippen molar-refractivity contribution in [2.75, 3.05) is 34.0 Å². The van der Waals surface area contributed by atoms with Crippen LogP contribution in [0.2, 0.25) is 0 Å². The maximum atomic E-state index is 13.1. The van der Waals surface area contributed by atoms with Gasteiger partial charge in [-0.1, -0.05) is 12.1 Å². The van der Waals surface area contributed by atoms with Crippen molar-refractivity contribution < 1.29 is 28.9 Å². The largest absolute Gasteiger partial charge is 0.507 e. The van der Waals surface area contributed by atoms with Crippen LogP contribution in [0.25, 0.3) is 5.76 Å². The molecule has 0 saturated carbocycles. The molecule has 176 valence electrons. The number of ether oxygens (including phenoxy) is 3. The van der Waals surface area contributed by atoms with E-state index in [4.69, 9.17) is 14.2 Å². The Morgan fingerprint density at radius 3 is 2.36 bits per heavy atom. The Labute approximate surface area is 194 Å². The number of methoxy groups -OCH3 is 2. The number of hydrogen-bond acceptors (Lipinski definition) is 6. The number of aliphatic hydroxyl groups excluding tert-OH is 1. The molecule has 1 aliphatic heterocycles. The number of rotatable bonds is 9. The second-order valence-corrected chi connectivity index (χ2v) is 7.98. The van der Waals surface area contributed by atoms with Gasteiger partial charge in [0.25, 0.3) is 11.7 Å². The Morgan fingerprint density at radius 2 is 1.76 bits per heavy atom. The second kappa shape index (κ2) is 10.5. The monoisotopic (exact) mass is 453 g/mol. The fourth-order valence-electron chi connectivity index (χ4n) is 4.16. The molecule has 0 aromatic heterocycles. The molecule has 7 nitrogen and oxygen atoms in total. The zero-order chi connectivity index (χ0) is 24.1. The van der Waals surface area contributed by atoms with Gasteiger partial charge in [0, 0.05) is 25.8 Å². The number of carbonyl (C=O) groups excluding carboxylic acids is 2. The van der Waals surface area contributed by atoms with Crippen molar-refractivity contribution in [2.24, 2.45) is 0 Å². The zero-order valence-electron chi connectivity index (χ0n) is 19.8. The first-order chi connectivity index (χ1) is 15.8. The van der Waals surface area contributed by atoms with Crippen molar-refractivity contribution in [3.8, 4) is 11.5 Å². The molecule has 33 heavy (non-hydrogen) atoms. The Morgan fingerprint density at radius 1 is 1.06 bits per heavy atom. The van der Waals surface area contributed by atoms with E-state index in [1.54, 1.807) is 32.4 Å². The van der Waals surface area contributed by atoms with Crippen LogP contribution in [0.3, 0.4) is 0 Å². The Kier molecular flexibility index (Phi) is 7.76. The minimum absolute atomic E-state index is 0.0780. The normalized spacial score (nSPS) is 17.5. The SMILES string of the molecule is CCOc1ccc(C2/C(=C(\O)c3cc(C)c(OC)cc3C)C(=O)C(=O)N2CCCOC)cc1. The molecule has 0 bridgehead atoms. The van der Waals surface area contributed by atoms with Gasteiger partial charge in [-0.3, -0.25) is 9.59 Å². The van der Waals surface area contributed by atoms with Gasteiger partial charge in [0.1, 0.15) is 17.3 Å². The first kappa shape index (κ1) is 24.3. The van der Waals surface area contributed by atoms with E-state index in [1.165, 1.54) is 4.90 Å². The maximum absolute atomic E-state index is 13.1. The summed E-state index contributed by atoms with van der Waals surface area (Å²) >= 11 is 0. The van der Waals surface area contributed by atoms with Crippen molar-refractivity contribution in [2.45, 2.75) is 33.2 Å². The van der Waals surface area contributed by atoms with Crippen molar-refractivity contribution in [3.05, 3.63) is 64.2 Å². The van der Waals surface area contributed by atoms with Crippen LogP contribution in [0.15, 0.2) is 42.0 Å². The lowest BCUT2D eigenvalue weighted by atomic mass is 9.93. The number of likely N-dealkylation sites (tertiary alicyclic amines) is 1. The van der Waals surface area contributed by atoms with Crippen LogP contribution in [-0.4, -0.2) is 55.7 Å². The maximum Gasteiger partial charge on any atom is 0.295 e. The number of nitrogens with zero attached hydrogens (tertiary/aromatic N) is 1. The number of amides is 1. The summed E-state index contributed by atoms with van der Waals surface area (Å²) in [6.45, 7) is 6.91. The lowest BCUT2D eigenvalue weighted by Gasteiger charge is -2.25. The molecule has 1 amide bonds. The number of carbonyl (C=O) groups is 2. The molecule has 2 aromatic carbocycles. The number of Topliss-reactive ketones (excluding diaryl/α,β-unsaturated/α-hetero) is 1. The highest BCUT2D eigenvalue weighted by Gasteiger charge is 2.46. The fraction of sp³-hybridized carbons (Fsp3) is 0.385. The summed E-state index contributed by atoms with van der Waals surface area (Å²) in [5.74, 6) is -0.137. The summed E-state index contributed by atoms with van der Waals surface area (Å²) in [4.78, 5) is 27.7. The number of ketones is 1. The Balaban J connectivity index is 2.15. The third kappa shape index (κ3) is 4.88. The van der Waals surface area contributed by atoms with Gasteiger partial charge < -0.3 is 24.2 Å². The summed E-state index contributed by atoms with van der Waals surface area (Å²) < 4.78 is 16.0. The Bertz CT molecular complexity index is 1060. The smallest absolute Gasteiger partial charge is 0.295 e. The van der Waals surface area contributed by atoms with Gasteiger partial charge >= 0.3 is 0 Å². The highest BCUT2D eigenvalue weighted by atomic mass is 16.5. The van der Waals surface area contributed by atoms with Crippen LogP contribution >= 0.6 is 0 Å². The number of aliphatic hydroxyl groups is 1. The first-order valence-electron chi connectivity index (χ1n) is 11.0. The highest BCUT2D eigenvalue weighted by molar-refractivity contribution is 6.46. The molecule has 0 aliphatic carbocycles. The van der Waals surface area contributed by atoms with E-state index in [2.05, 4.69) is 0 Å². The van der Waals surface area contributed by atoms with Gasteiger partial charge in [0.05, 0.1) is 25.3 Å². The molecule has 3 rings (SSSR count). The molecule has 1 unspecified atom stereocenters. The standard InChI is InChI=1S/C26H31NO6/c1-6-33-19-10-8-18(9-11-19)23-22(25(29)26(30)27(23)12-7-13-31-4)24(28)20-14-17(3)21(32-5)15-16(20)2/h8-11,14-15,23,28H,6-7,12-13H2,1-5H3/b24-22+. The lowest BCUT2D eigenvalue weighted by Crippen LogP contribution is -2.31. The first-order valence-corrected chi connectivity index (χ1v) is 11.0. The van der Waals surface area contributed by atoms with E-state index < -0.39 is 17.7 Å². The van der Waals surface area contributed by atoms with Crippen molar-refractivity contribution in [3.63, 3.8) is 0 Å². The van der Waals surface area contributed by atoms with Crippen molar-refractivity contribution in [1.82, 2.24) is 4.90 Å². The molecule has 1 fully saturated rings. The minimum atomic E-state index is -0.709. The molecule has 0 spiro atoms. The van der Waals surface area contributed by atoms with Crippen molar-refractivity contribution in [1.29, 1.82) is 0 Å². The molecule has 0 radical (unpaired) electrons. The summed E-state index contributed by atoms with van der Waals surface area (Å²) in [7, 11) is 3.17.